The average molecular weight is 347 g/mol. The van der Waals surface area contributed by atoms with Crippen LogP contribution in [-0.2, 0) is 6.54 Å². The van der Waals surface area contributed by atoms with Gasteiger partial charge in [0.15, 0.2) is 0 Å². The highest BCUT2D eigenvalue weighted by molar-refractivity contribution is 6.52. The van der Waals surface area contributed by atoms with Crippen molar-refractivity contribution in [2.24, 2.45) is 0 Å². The van der Waals surface area contributed by atoms with E-state index in [0.29, 0.717) is 29.2 Å². The Balaban J connectivity index is 0.000000948. The zero-order chi connectivity index (χ0) is 18.7. The van der Waals surface area contributed by atoms with E-state index in [9.17, 15) is 9.59 Å². The molecule has 132 valence electrons. The highest BCUT2D eigenvalue weighted by atomic mass is 16.2. The number of carbonyl (C=O) groups excluding carboxylic acids is 2. The van der Waals surface area contributed by atoms with Crippen LogP contribution in [0, 0.1) is 0 Å². The van der Waals surface area contributed by atoms with Crippen molar-refractivity contribution in [1.29, 1.82) is 0 Å². The van der Waals surface area contributed by atoms with Gasteiger partial charge in [-0.2, -0.15) is 0 Å². The van der Waals surface area contributed by atoms with E-state index in [2.05, 4.69) is 9.97 Å². The van der Waals surface area contributed by atoms with Crippen molar-refractivity contribution in [1.82, 2.24) is 9.97 Å². The molecule has 0 unspecified atom stereocenters. The summed E-state index contributed by atoms with van der Waals surface area (Å²) in [5, 5.41) is 0. The van der Waals surface area contributed by atoms with E-state index in [-0.39, 0.29) is 5.69 Å². The first-order valence-corrected chi connectivity index (χ1v) is 8.68. The number of aromatic amines is 1. The van der Waals surface area contributed by atoms with Crippen LogP contribution in [-0.4, -0.2) is 28.6 Å². The van der Waals surface area contributed by atoms with Crippen molar-refractivity contribution in [3.05, 3.63) is 71.7 Å². The molecular formula is C21H21N3O2. The molecule has 0 bridgehead atoms. The largest absolute Gasteiger partial charge is 0.367 e. The van der Waals surface area contributed by atoms with Crippen LogP contribution in [0.5, 0.6) is 0 Å². The van der Waals surface area contributed by atoms with Gasteiger partial charge < -0.3 is 9.88 Å². The molecule has 0 fully saturated rings. The van der Waals surface area contributed by atoms with Crippen molar-refractivity contribution in [2.45, 2.75) is 20.4 Å². The van der Waals surface area contributed by atoms with Crippen molar-refractivity contribution >= 4 is 17.3 Å². The molecule has 0 radical (unpaired) electrons. The van der Waals surface area contributed by atoms with Gasteiger partial charge in [0.25, 0.3) is 5.78 Å². The summed E-state index contributed by atoms with van der Waals surface area (Å²) in [5.74, 6) is -0.348. The minimum atomic E-state index is -0.523. The van der Waals surface area contributed by atoms with Crippen LogP contribution < -0.4 is 4.90 Å². The molecule has 1 N–H and O–H groups in total. The van der Waals surface area contributed by atoms with Crippen LogP contribution >= 0.6 is 0 Å². The van der Waals surface area contributed by atoms with E-state index in [1.165, 1.54) is 0 Å². The quantitative estimate of drug-likeness (QED) is 0.724. The summed E-state index contributed by atoms with van der Waals surface area (Å²) in [6, 6.07) is 17.0. The lowest BCUT2D eigenvalue weighted by molar-refractivity contribution is 0.0812. The molecule has 1 aliphatic carbocycles. The number of nitrogens with zero attached hydrogens (tertiary/aromatic N) is 2. The fourth-order valence-corrected chi connectivity index (χ4v) is 2.98. The van der Waals surface area contributed by atoms with Crippen LogP contribution in [0.4, 0.5) is 5.69 Å². The number of hydrogen-bond donors (Lipinski definition) is 1. The normalized spacial score (nSPS) is 12.0. The number of imidazole rings is 1. The van der Waals surface area contributed by atoms with Crippen molar-refractivity contribution in [2.75, 3.05) is 11.9 Å². The molecule has 4 rings (SSSR count). The van der Waals surface area contributed by atoms with Crippen LogP contribution in [0.25, 0.3) is 11.3 Å². The van der Waals surface area contributed by atoms with Gasteiger partial charge in [0.1, 0.15) is 17.2 Å². The van der Waals surface area contributed by atoms with Crippen molar-refractivity contribution in [3.8, 4) is 11.3 Å². The fourth-order valence-electron chi connectivity index (χ4n) is 2.98. The monoisotopic (exact) mass is 347 g/mol. The van der Waals surface area contributed by atoms with Gasteiger partial charge in [-0.05, 0) is 12.1 Å². The molecule has 0 amide bonds. The molecular weight excluding hydrogens is 326 g/mol. The molecule has 5 heteroatoms. The van der Waals surface area contributed by atoms with Gasteiger partial charge in [0, 0.05) is 23.9 Å². The molecule has 0 saturated carbocycles. The van der Waals surface area contributed by atoms with Gasteiger partial charge in [-0.1, -0.05) is 56.3 Å². The number of carbonyl (C=O) groups is 2. The Kier molecular flexibility index (Phi) is 4.98. The first kappa shape index (κ1) is 17.6. The summed E-state index contributed by atoms with van der Waals surface area (Å²) in [4.78, 5) is 34.2. The smallest absolute Gasteiger partial charge is 0.251 e. The maximum atomic E-state index is 12.3. The van der Waals surface area contributed by atoms with E-state index in [4.69, 9.17) is 0 Å². The second kappa shape index (κ2) is 7.35. The van der Waals surface area contributed by atoms with Crippen molar-refractivity contribution in [3.63, 3.8) is 0 Å². The van der Waals surface area contributed by atoms with Crippen LogP contribution in [0.15, 0.2) is 54.6 Å². The number of aromatic nitrogens is 2. The number of fused-ring (bicyclic) bond motifs is 3. The van der Waals surface area contributed by atoms with Gasteiger partial charge in [-0.3, -0.25) is 9.59 Å². The predicted molar refractivity (Wildman–Crippen MR) is 103 cm³/mol. The van der Waals surface area contributed by atoms with Crippen LogP contribution in [0.1, 0.15) is 40.5 Å². The lowest BCUT2D eigenvalue weighted by Gasteiger charge is -2.17. The third kappa shape index (κ3) is 3.04. The molecule has 1 heterocycles. The number of hydrogen-bond acceptors (Lipinski definition) is 4. The summed E-state index contributed by atoms with van der Waals surface area (Å²) in [7, 11) is 1.96. The standard InChI is InChI=1S/C19H15N3O2.C2H6/c1-22(12-7-3-2-4-8-12)11-15-20-16-13-9-5-6-10-14(13)18(23)19(24)17(16)21-15;1-2/h2-10H,11H2,1H3,(H,20,21);1-2H3. The maximum absolute atomic E-state index is 12.3. The minimum Gasteiger partial charge on any atom is -0.367 e. The number of nitrogens with one attached hydrogen (secondary N) is 1. The second-order valence-electron chi connectivity index (χ2n) is 5.80. The zero-order valence-electron chi connectivity index (χ0n) is 15.1. The molecule has 0 saturated heterocycles. The number of rotatable bonds is 3. The molecule has 26 heavy (non-hydrogen) atoms. The van der Waals surface area contributed by atoms with E-state index < -0.39 is 11.6 Å². The van der Waals surface area contributed by atoms with Crippen molar-refractivity contribution < 1.29 is 9.59 Å². The van der Waals surface area contributed by atoms with Crippen LogP contribution in [0.2, 0.25) is 0 Å². The zero-order valence-corrected chi connectivity index (χ0v) is 15.1. The molecule has 3 aromatic rings. The molecule has 1 aromatic heterocycles. The number of H-pyrrole nitrogens is 1. The second-order valence-corrected chi connectivity index (χ2v) is 5.80. The van der Waals surface area contributed by atoms with Gasteiger partial charge in [0.2, 0.25) is 5.78 Å². The molecule has 0 atom stereocenters. The fraction of sp³-hybridized carbons (Fsp3) is 0.190. The summed E-state index contributed by atoms with van der Waals surface area (Å²) < 4.78 is 0. The van der Waals surface area contributed by atoms with Gasteiger partial charge in [-0.25, -0.2) is 4.98 Å². The first-order valence-electron chi connectivity index (χ1n) is 8.68. The predicted octanol–water partition coefficient (Wildman–Crippen LogP) is 4.12. The Morgan fingerprint density at radius 2 is 1.50 bits per heavy atom. The Morgan fingerprint density at radius 3 is 2.19 bits per heavy atom. The average Bonchev–Trinajstić information content (AvgIpc) is 3.12. The lowest BCUT2D eigenvalue weighted by atomic mass is 9.90. The highest BCUT2D eigenvalue weighted by Gasteiger charge is 2.33. The SMILES string of the molecule is CC.CN(Cc1nc2c([nH]1)C(=O)C(=O)c1ccccc1-2)c1ccccc1. The Labute approximate surface area is 152 Å². The minimum absolute atomic E-state index is 0.287. The lowest BCUT2D eigenvalue weighted by Crippen LogP contribution is -2.21. The summed E-state index contributed by atoms with van der Waals surface area (Å²) in [5.41, 5.74) is 3.03. The highest BCUT2D eigenvalue weighted by Crippen LogP contribution is 2.31. The van der Waals surface area contributed by atoms with Gasteiger partial charge in [0.05, 0.1) is 6.54 Å². The van der Waals surface area contributed by atoms with Gasteiger partial charge in [-0.15, -0.1) is 0 Å². The summed E-state index contributed by atoms with van der Waals surface area (Å²) in [6.45, 7) is 4.51. The Morgan fingerprint density at radius 1 is 0.885 bits per heavy atom. The van der Waals surface area contributed by atoms with E-state index in [0.717, 1.165) is 5.69 Å². The number of ketones is 2. The van der Waals surface area contributed by atoms with E-state index >= 15 is 0 Å². The number of para-hydroxylation sites is 1. The first-order chi connectivity index (χ1) is 12.6. The summed E-state index contributed by atoms with van der Waals surface area (Å²) >= 11 is 0. The third-order valence-electron chi connectivity index (χ3n) is 4.20. The number of anilines is 1. The third-order valence-corrected chi connectivity index (χ3v) is 4.20. The topological polar surface area (TPSA) is 66.1 Å². The molecule has 2 aromatic carbocycles. The number of benzene rings is 2. The summed E-state index contributed by atoms with van der Waals surface area (Å²) in [6.07, 6.45) is 0. The Hall–Kier alpha value is -3.21. The van der Waals surface area contributed by atoms with Gasteiger partial charge >= 0.3 is 0 Å². The molecule has 1 aliphatic rings. The molecule has 5 nitrogen and oxygen atoms in total. The van der Waals surface area contributed by atoms with E-state index in [1.807, 2.05) is 68.3 Å². The Bertz CT molecular complexity index is 945. The molecule has 0 spiro atoms. The number of Topliss-reactive ketones (excluding diaryl/α,β-unsaturated/α-hetero) is 2. The van der Waals surface area contributed by atoms with Crippen LogP contribution in [0.3, 0.4) is 0 Å². The molecule has 0 aliphatic heterocycles. The van der Waals surface area contributed by atoms with E-state index in [1.54, 1.807) is 12.1 Å². The maximum Gasteiger partial charge on any atom is 0.251 e.